The fourth-order valence-corrected chi connectivity index (χ4v) is 3.14. The molecule has 9 heteroatoms. The number of rotatable bonds is 7. The van der Waals surface area contributed by atoms with Crippen LogP contribution in [0.2, 0.25) is 0 Å². The van der Waals surface area contributed by atoms with Crippen molar-refractivity contribution in [1.82, 2.24) is 4.72 Å². The first-order valence-electron chi connectivity index (χ1n) is 7.29. The molecule has 0 amide bonds. The standard InChI is InChI=1S/C15H21FN2O5S/c1-5-15(9-13(19)20,17-24(23)14(2,3)4)11-8-10(18(21)22)6-7-12(11)16/h6-8,17H,5,9H2,1-4H3,(H,19,20)/t15-,24+/m0/s1. The van der Waals surface area contributed by atoms with E-state index in [9.17, 15) is 28.6 Å². The Labute approximate surface area is 142 Å². The van der Waals surface area contributed by atoms with Gasteiger partial charge in [-0.1, -0.05) is 6.92 Å². The topological polar surface area (TPSA) is 110 Å². The molecule has 0 aliphatic heterocycles. The predicted octanol–water partition coefficient (Wildman–Crippen LogP) is 2.87. The van der Waals surface area contributed by atoms with Gasteiger partial charge in [0, 0.05) is 17.7 Å². The average Bonchev–Trinajstić information content (AvgIpc) is 2.45. The number of nitrogens with one attached hydrogen (secondary N) is 1. The largest absolute Gasteiger partial charge is 0.481 e. The smallest absolute Gasteiger partial charge is 0.305 e. The Kier molecular flexibility index (Phi) is 6.18. The van der Waals surface area contributed by atoms with Gasteiger partial charge >= 0.3 is 5.97 Å². The Morgan fingerprint density at radius 1 is 1.42 bits per heavy atom. The second kappa shape index (κ2) is 7.35. The highest BCUT2D eigenvalue weighted by molar-refractivity contribution is 7.84. The molecule has 0 aliphatic carbocycles. The van der Waals surface area contributed by atoms with Gasteiger partial charge in [0.05, 0.1) is 32.6 Å². The minimum atomic E-state index is -1.70. The molecule has 0 fully saturated rings. The third-order valence-electron chi connectivity index (χ3n) is 3.58. The SMILES string of the molecule is CC[C@@](CC(=O)O)(N[S@](=O)C(C)(C)C)c1cc([N+](=O)[O-])ccc1F. The molecule has 0 unspecified atom stereocenters. The zero-order valence-electron chi connectivity index (χ0n) is 14.0. The first-order chi connectivity index (χ1) is 10.9. The number of halogens is 1. The number of hydrogen-bond acceptors (Lipinski definition) is 4. The Bertz CT molecular complexity index is 674. The van der Waals surface area contributed by atoms with Crippen LogP contribution in [-0.2, 0) is 21.3 Å². The van der Waals surface area contributed by atoms with Crippen molar-refractivity contribution in [1.29, 1.82) is 0 Å². The number of carboxylic acid groups (broad SMARTS) is 1. The molecule has 0 radical (unpaired) electrons. The van der Waals surface area contributed by atoms with Gasteiger partial charge in [-0.2, -0.15) is 0 Å². The number of carboxylic acids is 1. The summed E-state index contributed by atoms with van der Waals surface area (Å²) in [4.78, 5) is 21.6. The molecule has 24 heavy (non-hydrogen) atoms. The number of carbonyl (C=O) groups is 1. The number of benzene rings is 1. The highest BCUT2D eigenvalue weighted by atomic mass is 32.2. The van der Waals surface area contributed by atoms with Gasteiger partial charge in [-0.05, 0) is 33.3 Å². The van der Waals surface area contributed by atoms with E-state index in [1.165, 1.54) is 0 Å². The Balaban J connectivity index is 3.53. The minimum absolute atomic E-state index is 0.0825. The summed E-state index contributed by atoms with van der Waals surface area (Å²) in [5, 5.41) is 20.2. The van der Waals surface area contributed by atoms with Crippen molar-refractivity contribution in [2.24, 2.45) is 0 Å². The van der Waals surface area contributed by atoms with Crippen LogP contribution in [0, 0.1) is 15.9 Å². The van der Waals surface area contributed by atoms with Gasteiger partial charge in [-0.25, -0.2) is 13.3 Å². The van der Waals surface area contributed by atoms with Crippen LogP contribution in [0.5, 0.6) is 0 Å². The van der Waals surface area contributed by atoms with Gasteiger partial charge in [-0.15, -0.1) is 0 Å². The summed E-state index contributed by atoms with van der Waals surface area (Å²) in [6.45, 7) is 6.65. The van der Waals surface area contributed by atoms with Crippen LogP contribution in [0.15, 0.2) is 18.2 Å². The molecule has 7 nitrogen and oxygen atoms in total. The molecule has 0 saturated heterocycles. The van der Waals surface area contributed by atoms with E-state index < -0.39 is 44.4 Å². The van der Waals surface area contributed by atoms with E-state index in [2.05, 4.69) is 4.72 Å². The van der Waals surface area contributed by atoms with E-state index in [1.807, 2.05) is 0 Å². The van der Waals surface area contributed by atoms with Gasteiger partial charge < -0.3 is 5.11 Å². The third-order valence-corrected chi connectivity index (χ3v) is 5.27. The normalized spacial score (nSPS) is 15.5. The van der Waals surface area contributed by atoms with E-state index in [0.29, 0.717) is 0 Å². The number of nitrogens with zero attached hydrogens (tertiary/aromatic N) is 1. The number of nitro groups is 1. The molecule has 0 heterocycles. The molecule has 0 aromatic heterocycles. The van der Waals surface area contributed by atoms with E-state index >= 15 is 0 Å². The highest BCUT2D eigenvalue weighted by Crippen LogP contribution is 2.34. The predicted molar refractivity (Wildman–Crippen MR) is 88.3 cm³/mol. The number of hydrogen-bond donors (Lipinski definition) is 2. The second-order valence-corrected chi connectivity index (χ2v) is 8.38. The second-order valence-electron chi connectivity index (χ2n) is 6.41. The Morgan fingerprint density at radius 2 is 2.00 bits per heavy atom. The Morgan fingerprint density at radius 3 is 2.42 bits per heavy atom. The molecular formula is C15H21FN2O5S. The van der Waals surface area contributed by atoms with Gasteiger partial charge in [0.2, 0.25) is 0 Å². The first kappa shape index (κ1) is 20.2. The van der Waals surface area contributed by atoms with Gasteiger partial charge in [0.25, 0.3) is 5.69 Å². The maximum atomic E-state index is 14.4. The lowest BCUT2D eigenvalue weighted by Gasteiger charge is -2.35. The lowest BCUT2D eigenvalue weighted by Crippen LogP contribution is -2.49. The number of aliphatic carboxylic acids is 1. The van der Waals surface area contributed by atoms with Crippen molar-refractivity contribution < 1.29 is 23.4 Å². The molecule has 2 N–H and O–H groups in total. The maximum Gasteiger partial charge on any atom is 0.305 e. The van der Waals surface area contributed by atoms with E-state index in [0.717, 1.165) is 18.2 Å². The molecule has 0 aliphatic rings. The van der Waals surface area contributed by atoms with Crippen molar-refractivity contribution in [2.75, 3.05) is 0 Å². The van der Waals surface area contributed by atoms with Gasteiger partial charge in [-0.3, -0.25) is 14.9 Å². The van der Waals surface area contributed by atoms with Crippen molar-refractivity contribution in [3.63, 3.8) is 0 Å². The molecule has 0 bridgehead atoms. The molecule has 1 aromatic carbocycles. The fraction of sp³-hybridized carbons (Fsp3) is 0.533. The molecule has 0 saturated carbocycles. The summed E-state index contributed by atoms with van der Waals surface area (Å²) in [7, 11) is -1.70. The molecule has 2 atom stereocenters. The quantitative estimate of drug-likeness (QED) is 0.574. The van der Waals surface area contributed by atoms with Crippen molar-refractivity contribution in [2.45, 2.75) is 50.8 Å². The summed E-state index contributed by atoms with van der Waals surface area (Å²) in [6, 6.07) is 2.91. The molecular weight excluding hydrogens is 339 g/mol. The van der Waals surface area contributed by atoms with Crippen LogP contribution < -0.4 is 4.72 Å². The molecule has 1 rings (SSSR count). The zero-order valence-corrected chi connectivity index (χ0v) is 14.8. The number of non-ortho nitro benzene ring substituents is 1. The zero-order chi connectivity index (χ0) is 18.7. The van der Waals surface area contributed by atoms with E-state index in [1.54, 1.807) is 27.7 Å². The maximum absolute atomic E-state index is 14.4. The monoisotopic (exact) mass is 360 g/mol. The van der Waals surface area contributed by atoms with E-state index in [-0.39, 0.29) is 17.7 Å². The van der Waals surface area contributed by atoms with Gasteiger partial charge in [0.15, 0.2) is 0 Å². The fourth-order valence-electron chi connectivity index (χ4n) is 2.16. The van der Waals surface area contributed by atoms with Crippen LogP contribution in [-0.4, -0.2) is 25.0 Å². The van der Waals surface area contributed by atoms with Crippen molar-refractivity contribution in [3.05, 3.63) is 39.7 Å². The van der Waals surface area contributed by atoms with Crippen molar-refractivity contribution >= 4 is 22.6 Å². The lowest BCUT2D eigenvalue weighted by molar-refractivity contribution is -0.385. The summed E-state index contributed by atoms with van der Waals surface area (Å²) >= 11 is 0. The summed E-state index contributed by atoms with van der Waals surface area (Å²) in [5.74, 6) is -2.02. The molecule has 134 valence electrons. The third kappa shape index (κ3) is 4.57. The van der Waals surface area contributed by atoms with Crippen molar-refractivity contribution in [3.8, 4) is 0 Å². The van der Waals surface area contributed by atoms with Crippen LogP contribution in [0.3, 0.4) is 0 Å². The van der Waals surface area contributed by atoms with Crippen LogP contribution >= 0.6 is 0 Å². The van der Waals surface area contributed by atoms with E-state index in [4.69, 9.17) is 0 Å². The van der Waals surface area contributed by atoms with Gasteiger partial charge in [0.1, 0.15) is 5.82 Å². The lowest BCUT2D eigenvalue weighted by atomic mass is 9.84. The highest BCUT2D eigenvalue weighted by Gasteiger charge is 2.40. The van der Waals surface area contributed by atoms with Crippen LogP contribution in [0.4, 0.5) is 10.1 Å². The Hall–Kier alpha value is -1.87. The molecule has 1 aromatic rings. The summed E-state index contributed by atoms with van der Waals surface area (Å²) in [6.07, 6.45) is -0.484. The summed E-state index contributed by atoms with van der Waals surface area (Å²) < 4.78 is 28.8. The number of nitro benzene ring substituents is 1. The van der Waals surface area contributed by atoms with Crippen LogP contribution in [0.25, 0.3) is 0 Å². The minimum Gasteiger partial charge on any atom is -0.481 e. The average molecular weight is 360 g/mol. The first-order valence-corrected chi connectivity index (χ1v) is 8.44. The van der Waals surface area contributed by atoms with Crippen LogP contribution in [0.1, 0.15) is 46.1 Å². The summed E-state index contributed by atoms with van der Waals surface area (Å²) in [5.41, 5.74) is -2.07. The molecule has 0 spiro atoms.